The van der Waals surface area contributed by atoms with Crippen molar-refractivity contribution in [3.63, 3.8) is 0 Å². The summed E-state index contributed by atoms with van der Waals surface area (Å²) < 4.78 is 6.88. The van der Waals surface area contributed by atoms with Crippen LogP contribution in [0.3, 0.4) is 0 Å². The minimum atomic E-state index is 0.216. The van der Waals surface area contributed by atoms with E-state index in [2.05, 4.69) is 48.5 Å². The van der Waals surface area contributed by atoms with Crippen molar-refractivity contribution in [2.75, 3.05) is 6.61 Å². The van der Waals surface area contributed by atoms with Gasteiger partial charge in [0, 0.05) is 5.41 Å². The third-order valence-corrected chi connectivity index (χ3v) is 14.2. The van der Waals surface area contributed by atoms with Crippen LogP contribution in [-0.2, 0) is 4.74 Å². The SMILES string of the molecule is C[C@H]1CO[C@]23CC[C@]4(C)[C@H](CC[C@@H]5[C@@]6(C)CCCC(C)(C)[C@@H]6CC[C@]54C)[C@@]2(C)CC[C@H]13. The Morgan fingerprint density at radius 1 is 0.613 bits per heavy atom. The minimum Gasteiger partial charge on any atom is -0.374 e. The standard InChI is InChI=1S/C30H50O/c1-20-19-31-30-18-17-28(6)24(29(30,7)15-11-21(20)30)10-9-23-26(4)14-8-13-25(2,3)22(26)12-16-27(23,28)5/h20-24H,8-19H2,1-7H3/t20-,21+,22-,23+,24-,26-,27+,28+,29+,30-/m0/s1. The van der Waals surface area contributed by atoms with Crippen LogP contribution in [0.25, 0.3) is 0 Å². The number of ether oxygens (including phenoxy) is 1. The molecular formula is C30H50O. The van der Waals surface area contributed by atoms with Crippen LogP contribution in [0, 0.1) is 56.7 Å². The van der Waals surface area contributed by atoms with Crippen molar-refractivity contribution in [2.45, 2.75) is 125 Å². The Morgan fingerprint density at radius 3 is 2.06 bits per heavy atom. The fourth-order valence-corrected chi connectivity index (χ4v) is 12.7. The zero-order valence-electron chi connectivity index (χ0n) is 21.8. The van der Waals surface area contributed by atoms with Crippen molar-refractivity contribution in [1.29, 1.82) is 0 Å². The van der Waals surface area contributed by atoms with Crippen LogP contribution in [0.5, 0.6) is 0 Å². The fourth-order valence-electron chi connectivity index (χ4n) is 12.7. The van der Waals surface area contributed by atoms with Crippen molar-refractivity contribution in [3.05, 3.63) is 0 Å². The number of hydrogen-bond donors (Lipinski definition) is 0. The molecule has 10 atom stereocenters. The van der Waals surface area contributed by atoms with Crippen LogP contribution in [0.2, 0.25) is 0 Å². The Balaban J connectivity index is 1.41. The molecule has 0 bridgehead atoms. The largest absolute Gasteiger partial charge is 0.374 e. The van der Waals surface area contributed by atoms with Crippen LogP contribution in [0.4, 0.5) is 0 Å². The molecule has 0 aromatic carbocycles. The van der Waals surface area contributed by atoms with Gasteiger partial charge in [-0.1, -0.05) is 54.9 Å². The van der Waals surface area contributed by atoms with Crippen molar-refractivity contribution < 1.29 is 4.74 Å². The van der Waals surface area contributed by atoms with Gasteiger partial charge in [-0.3, -0.25) is 0 Å². The second-order valence-corrected chi connectivity index (χ2v) is 15.2. The van der Waals surface area contributed by atoms with E-state index in [-0.39, 0.29) is 5.60 Å². The van der Waals surface area contributed by atoms with E-state index in [1.807, 2.05) is 0 Å². The molecule has 6 rings (SSSR count). The average Bonchev–Trinajstić information content (AvgIpc) is 3.17. The van der Waals surface area contributed by atoms with Gasteiger partial charge in [0.25, 0.3) is 0 Å². The van der Waals surface area contributed by atoms with Gasteiger partial charge >= 0.3 is 0 Å². The Bertz CT molecular complexity index is 770. The first kappa shape index (κ1) is 21.5. The third kappa shape index (κ3) is 2.25. The number of hydrogen-bond acceptors (Lipinski definition) is 1. The highest BCUT2D eigenvalue weighted by Crippen LogP contribution is 2.79. The quantitative estimate of drug-likeness (QED) is 0.379. The van der Waals surface area contributed by atoms with Crippen molar-refractivity contribution in [3.8, 4) is 0 Å². The van der Waals surface area contributed by atoms with Gasteiger partial charge in [-0.15, -0.1) is 0 Å². The molecule has 5 saturated carbocycles. The predicted octanol–water partition coefficient (Wildman–Crippen LogP) is 8.27. The lowest BCUT2D eigenvalue weighted by atomic mass is 9.31. The van der Waals surface area contributed by atoms with Crippen molar-refractivity contribution in [1.82, 2.24) is 0 Å². The zero-order chi connectivity index (χ0) is 22.1. The highest BCUT2D eigenvalue weighted by atomic mass is 16.5. The van der Waals surface area contributed by atoms with E-state index in [1.54, 1.807) is 0 Å². The molecule has 6 aliphatic rings. The molecule has 6 fully saturated rings. The zero-order valence-corrected chi connectivity index (χ0v) is 21.8. The van der Waals surface area contributed by atoms with E-state index in [1.165, 1.54) is 70.6 Å². The summed E-state index contributed by atoms with van der Waals surface area (Å²) in [5.74, 6) is 4.34. The normalized spacial score (nSPS) is 62.2. The average molecular weight is 427 g/mol. The number of rotatable bonds is 0. The molecule has 0 aromatic rings. The van der Waals surface area contributed by atoms with Crippen LogP contribution < -0.4 is 0 Å². The van der Waals surface area contributed by atoms with Crippen LogP contribution in [0.15, 0.2) is 0 Å². The topological polar surface area (TPSA) is 9.23 Å². The van der Waals surface area contributed by atoms with Gasteiger partial charge in [0.05, 0.1) is 12.2 Å². The first-order valence-corrected chi connectivity index (χ1v) is 14.1. The molecule has 176 valence electrons. The van der Waals surface area contributed by atoms with Gasteiger partial charge in [-0.05, 0) is 115 Å². The van der Waals surface area contributed by atoms with Gasteiger partial charge in [0.2, 0.25) is 0 Å². The maximum absolute atomic E-state index is 6.88. The smallest absolute Gasteiger partial charge is 0.0770 e. The first-order valence-electron chi connectivity index (χ1n) is 14.1. The molecule has 1 nitrogen and oxygen atoms in total. The maximum atomic E-state index is 6.88. The molecule has 1 spiro atoms. The molecule has 0 radical (unpaired) electrons. The minimum absolute atomic E-state index is 0.216. The molecule has 1 heteroatoms. The summed E-state index contributed by atoms with van der Waals surface area (Å²) in [6.07, 6.45) is 16.0. The van der Waals surface area contributed by atoms with E-state index >= 15 is 0 Å². The van der Waals surface area contributed by atoms with Crippen LogP contribution >= 0.6 is 0 Å². The summed E-state index contributed by atoms with van der Waals surface area (Å²) in [5.41, 5.74) is 2.74. The summed E-state index contributed by atoms with van der Waals surface area (Å²) in [5, 5.41) is 0. The third-order valence-electron chi connectivity index (χ3n) is 14.2. The van der Waals surface area contributed by atoms with Crippen LogP contribution in [-0.4, -0.2) is 12.2 Å². The van der Waals surface area contributed by atoms with E-state index in [9.17, 15) is 0 Å². The van der Waals surface area contributed by atoms with Crippen molar-refractivity contribution >= 4 is 0 Å². The Labute approximate surface area is 192 Å². The second-order valence-electron chi connectivity index (χ2n) is 15.2. The monoisotopic (exact) mass is 426 g/mol. The fraction of sp³-hybridized carbons (Fsp3) is 1.00. The first-order chi connectivity index (χ1) is 14.4. The highest BCUT2D eigenvalue weighted by Gasteiger charge is 2.75. The molecule has 31 heavy (non-hydrogen) atoms. The van der Waals surface area contributed by atoms with Gasteiger partial charge in [-0.2, -0.15) is 0 Å². The lowest BCUT2D eigenvalue weighted by Gasteiger charge is -2.74. The van der Waals surface area contributed by atoms with E-state index in [0.29, 0.717) is 27.1 Å². The Kier molecular flexibility index (Phi) is 4.26. The van der Waals surface area contributed by atoms with E-state index < -0.39 is 0 Å². The van der Waals surface area contributed by atoms with Crippen molar-refractivity contribution in [2.24, 2.45) is 56.7 Å². The molecule has 0 amide bonds. The molecule has 0 aromatic heterocycles. The van der Waals surface area contributed by atoms with Gasteiger partial charge in [0.1, 0.15) is 0 Å². The summed E-state index contributed by atoms with van der Waals surface area (Å²) in [6, 6.07) is 0. The Morgan fingerprint density at radius 2 is 1.29 bits per heavy atom. The van der Waals surface area contributed by atoms with E-state index in [0.717, 1.165) is 36.2 Å². The summed E-state index contributed by atoms with van der Waals surface area (Å²) in [7, 11) is 0. The lowest BCUT2D eigenvalue weighted by Crippen LogP contribution is -2.68. The summed E-state index contributed by atoms with van der Waals surface area (Å²) in [4.78, 5) is 0. The maximum Gasteiger partial charge on any atom is 0.0770 e. The molecule has 1 aliphatic heterocycles. The molecule has 0 N–H and O–H groups in total. The lowest BCUT2D eigenvalue weighted by molar-refractivity contribution is -0.268. The molecule has 1 saturated heterocycles. The number of fused-ring (bicyclic) bond motifs is 6. The molecule has 0 unspecified atom stereocenters. The van der Waals surface area contributed by atoms with Crippen LogP contribution in [0.1, 0.15) is 119 Å². The highest BCUT2D eigenvalue weighted by molar-refractivity contribution is 5.24. The summed E-state index contributed by atoms with van der Waals surface area (Å²) >= 11 is 0. The summed E-state index contributed by atoms with van der Waals surface area (Å²) in [6.45, 7) is 19.7. The van der Waals surface area contributed by atoms with Gasteiger partial charge < -0.3 is 4.74 Å². The molecule has 5 aliphatic carbocycles. The predicted molar refractivity (Wildman–Crippen MR) is 129 cm³/mol. The molecular weight excluding hydrogens is 376 g/mol. The van der Waals surface area contributed by atoms with E-state index in [4.69, 9.17) is 4.74 Å². The van der Waals surface area contributed by atoms with Gasteiger partial charge in [0.15, 0.2) is 0 Å². The van der Waals surface area contributed by atoms with Gasteiger partial charge in [-0.25, -0.2) is 0 Å². The Hall–Kier alpha value is -0.0400. The molecule has 1 heterocycles. The second kappa shape index (κ2) is 6.14.